The average molecular weight is 170 g/mol. The van der Waals surface area contributed by atoms with E-state index in [2.05, 4.69) is 27.7 Å². The fourth-order valence-corrected chi connectivity index (χ4v) is 2.00. The lowest BCUT2D eigenvalue weighted by Crippen LogP contribution is -2.32. The molecule has 2 atom stereocenters. The van der Waals surface area contributed by atoms with Gasteiger partial charge in [0.1, 0.15) is 0 Å². The largest absolute Gasteiger partial charge is 0.378 e. The van der Waals surface area contributed by atoms with Gasteiger partial charge in [-0.2, -0.15) is 0 Å². The maximum absolute atomic E-state index is 5.55. The fourth-order valence-electron chi connectivity index (χ4n) is 2.00. The molecule has 0 spiro atoms. The molecule has 1 nitrogen and oxygen atoms in total. The Hall–Kier alpha value is -0.0400. The zero-order valence-electron chi connectivity index (χ0n) is 8.89. The van der Waals surface area contributed by atoms with Gasteiger partial charge in [0, 0.05) is 6.61 Å². The van der Waals surface area contributed by atoms with Gasteiger partial charge in [0.15, 0.2) is 0 Å². The molecule has 1 heteroatoms. The van der Waals surface area contributed by atoms with Gasteiger partial charge in [0.25, 0.3) is 0 Å². The van der Waals surface area contributed by atoms with Crippen molar-refractivity contribution in [3.8, 4) is 0 Å². The minimum atomic E-state index is 0.481. The van der Waals surface area contributed by atoms with E-state index in [9.17, 15) is 0 Å². The molecule has 1 unspecified atom stereocenters. The minimum absolute atomic E-state index is 0.481. The Morgan fingerprint density at radius 1 is 1.42 bits per heavy atom. The van der Waals surface area contributed by atoms with Crippen LogP contribution in [0.2, 0.25) is 0 Å². The summed E-state index contributed by atoms with van der Waals surface area (Å²) in [6, 6.07) is 0. The molecule has 12 heavy (non-hydrogen) atoms. The first-order valence-electron chi connectivity index (χ1n) is 5.18. The summed E-state index contributed by atoms with van der Waals surface area (Å²) < 4.78 is 5.55. The SMILES string of the molecule is CCC(C)(C)C1CCO[C@H](C)C1. The van der Waals surface area contributed by atoms with Crippen LogP contribution in [0.4, 0.5) is 0 Å². The lowest BCUT2D eigenvalue weighted by atomic mass is 9.72. The maximum Gasteiger partial charge on any atom is 0.0549 e. The molecule has 1 rings (SSSR count). The quantitative estimate of drug-likeness (QED) is 0.618. The second-order valence-electron chi connectivity index (χ2n) is 4.74. The standard InChI is InChI=1S/C11H22O/c1-5-11(3,4)10-6-7-12-9(2)8-10/h9-10H,5-8H2,1-4H3/t9-,10?/m1/s1. The molecule has 72 valence electrons. The summed E-state index contributed by atoms with van der Waals surface area (Å²) in [6.45, 7) is 10.2. The number of hydrogen-bond donors (Lipinski definition) is 0. The van der Waals surface area contributed by atoms with Crippen molar-refractivity contribution < 1.29 is 4.74 Å². The Kier molecular flexibility index (Phi) is 3.16. The van der Waals surface area contributed by atoms with E-state index >= 15 is 0 Å². The Morgan fingerprint density at radius 3 is 2.58 bits per heavy atom. The Morgan fingerprint density at radius 2 is 2.08 bits per heavy atom. The summed E-state index contributed by atoms with van der Waals surface area (Å²) in [5.74, 6) is 0.867. The Balaban J connectivity index is 2.50. The van der Waals surface area contributed by atoms with Gasteiger partial charge in [-0.3, -0.25) is 0 Å². The molecule has 0 aromatic heterocycles. The van der Waals surface area contributed by atoms with Crippen molar-refractivity contribution in [2.45, 2.75) is 53.1 Å². The normalized spacial score (nSPS) is 32.0. The topological polar surface area (TPSA) is 9.23 Å². The number of ether oxygens (including phenoxy) is 1. The Bertz CT molecular complexity index is 140. The lowest BCUT2D eigenvalue weighted by Gasteiger charge is -2.38. The van der Waals surface area contributed by atoms with Crippen molar-refractivity contribution in [3.63, 3.8) is 0 Å². The highest BCUT2D eigenvalue weighted by atomic mass is 16.5. The molecule has 0 aromatic rings. The molecule has 0 bridgehead atoms. The first-order valence-corrected chi connectivity index (χ1v) is 5.18. The van der Waals surface area contributed by atoms with Gasteiger partial charge in [-0.15, -0.1) is 0 Å². The summed E-state index contributed by atoms with van der Waals surface area (Å²) in [5, 5.41) is 0. The van der Waals surface area contributed by atoms with Crippen LogP contribution in [-0.4, -0.2) is 12.7 Å². The molecule has 1 aliphatic heterocycles. The van der Waals surface area contributed by atoms with Gasteiger partial charge in [0.05, 0.1) is 6.10 Å². The molecular weight excluding hydrogens is 148 g/mol. The summed E-state index contributed by atoms with van der Waals surface area (Å²) in [6.07, 6.45) is 4.27. The van der Waals surface area contributed by atoms with Crippen LogP contribution in [0, 0.1) is 11.3 Å². The van der Waals surface area contributed by atoms with E-state index in [0.717, 1.165) is 12.5 Å². The van der Waals surface area contributed by atoms with E-state index in [0.29, 0.717) is 11.5 Å². The molecule has 1 fully saturated rings. The van der Waals surface area contributed by atoms with Crippen LogP contribution < -0.4 is 0 Å². The predicted molar refractivity (Wildman–Crippen MR) is 52.2 cm³/mol. The predicted octanol–water partition coefficient (Wildman–Crippen LogP) is 3.24. The van der Waals surface area contributed by atoms with Gasteiger partial charge in [-0.25, -0.2) is 0 Å². The zero-order valence-corrected chi connectivity index (χ0v) is 8.89. The van der Waals surface area contributed by atoms with E-state index in [4.69, 9.17) is 4.74 Å². The number of rotatable bonds is 2. The molecular formula is C11H22O. The molecule has 0 saturated carbocycles. The van der Waals surface area contributed by atoms with Crippen molar-refractivity contribution in [2.24, 2.45) is 11.3 Å². The summed E-state index contributed by atoms with van der Waals surface area (Å²) in [4.78, 5) is 0. The highest BCUT2D eigenvalue weighted by molar-refractivity contribution is 4.81. The second-order valence-corrected chi connectivity index (χ2v) is 4.74. The smallest absolute Gasteiger partial charge is 0.0549 e. The van der Waals surface area contributed by atoms with Crippen molar-refractivity contribution in [1.29, 1.82) is 0 Å². The summed E-state index contributed by atoms with van der Waals surface area (Å²) >= 11 is 0. The highest BCUT2D eigenvalue weighted by Crippen LogP contribution is 2.38. The highest BCUT2D eigenvalue weighted by Gasteiger charge is 2.31. The molecule has 0 aromatic carbocycles. The van der Waals surface area contributed by atoms with Crippen molar-refractivity contribution in [2.75, 3.05) is 6.61 Å². The van der Waals surface area contributed by atoms with Crippen molar-refractivity contribution in [3.05, 3.63) is 0 Å². The van der Waals surface area contributed by atoms with Crippen LogP contribution in [0.15, 0.2) is 0 Å². The third-order valence-electron chi connectivity index (χ3n) is 3.50. The summed E-state index contributed by atoms with van der Waals surface area (Å²) in [7, 11) is 0. The van der Waals surface area contributed by atoms with Gasteiger partial charge < -0.3 is 4.74 Å². The van der Waals surface area contributed by atoms with Gasteiger partial charge >= 0.3 is 0 Å². The molecule has 1 saturated heterocycles. The number of hydrogen-bond acceptors (Lipinski definition) is 1. The molecule has 1 heterocycles. The molecule has 1 aliphatic rings. The van der Waals surface area contributed by atoms with Crippen LogP contribution in [0.25, 0.3) is 0 Å². The monoisotopic (exact) mass is 170 g/mol. The third-order valence-corrected chi connectivity index (χ3v) is 3.50. The van der Waals surface area contributed by atoms with Gasteiger partial charge in [-0.1, -0.05) is 27.2 Å². The van der Waals surface area contributed by atoms with Gasteiger partial charge in [0.2, 0.25) is 0 Å². The maximum atomic E-state index is 5.55. The molecule has 0 radical (unpaired) electrons. The van der Waals surface area contributed by atoms with Crippen molar-refractivity contribution >= 4 is 0 Å². The van der Waals surface area contributed by atoms with Crippen LogP contribution >= 0.6 is 0 Å². The van der Waals surface area contributed by atoms with Crippen LogP contribution in [0.1, 0.15) is 47.0 Å². The second kappa shape index (κ2) is 3.78. The molecule has 0 amide bonds. The van der Waals surface area contributed by atoms with E-state index in [-0.39, 0.29) is 0 Å². The lowest BCUT2D eigenvalue weighted by molar-refractivity contribution is -0.0296. The third kappa shape index (κ3) is 2.22. The van der Waals surface area contributed by atoms with Crippen LogP contribution in [0.3, 0.4) is 0 Å². The van der Waals surface area contributed by atoms with E-state index in [1.165, 1.54) is 19.3 Å². The molecule has 0 aliphatic carbocycles. The first-order chi connectivity index (χ1) is 5.56. The Labute approximate surface area is 76.5 Å². The fraction of sp³-hybridized carbons (Fsp3) is 1.00. The summed E-state index contributed by atoms with van der Waals surface area (Å²) in [5.41, 5.74) is 0.512. The minimum Gasteiger partial charge on any atom is -0.378 e. The van der Waals surface area contributed by atoms with E-state index in [1.807, 2.05) is 0 Å². The van der Waals surface area contributed by atoms with Crippen LogP contribution in [-0.2, 0) is 4.74 Å². The van der Waals surface area contributed by atoms with Crippen molar-refractivity contribution in [1.82, 2.24) is 0 Å². The molecule has 0 N–H and O–H groups in total. The van der Waals surface area contributed by atoms with E-state index in [1.54, 1.807) is 0 Å². The van der Waals surface area contributed by atoms with E-state index < -0.39 is 0 Å². The zero-order chi connectivity index (χ0) is 9.19. The van der Waals surface area contributed by atoms with Gasteiger partial charge in [-0.05, 0) is 31.1 Å². The average Bonchev–Trinajstić information content (AvgIpc) is 2.05. The first kappa shape index (κ1) is 10.0. The van der Waals surface area contributed by atoms with Crippen LogP contribution in [0.5, 0.6) is 0 Å².